The number of fused-ring (bicyclic) bond motifs is 5. The average Bonchev–Trinajstić information content (AvgIpc) is 2.94. The molecule has 2 aliphatic rings. The predicted octanol–water partition coefficient (Wildman–Crippen LogP) is 2.48. The maximum absolute atomic E-state index is 12.3. The molecule has 0 saturated carbocycles. The van der Waals surface area contributed by atoms with E-state index in [0.717, 1.165) is 21.8 Å². The monoisotopic (exact) mass is 243 g/mol. The van der Waals surface area contributed by atoms with Crippen molar-refractivity contribution < 1.29 is 4.79 Å². The summed E-state index contributed by atoms with van der Waals surface area (Å²) in [6.07, 6.45) is 0. The number of aromatic nitrogens is 2. The summed E-state index contributed by atoms with van der Waals surface area (Å²) in [5.41, 5.74) is 3.61. The first-order chi connectivity index (χ1) is 8.27. The fourth-order valence-electron chi connectivity index (χ4n) is 2.48. The Labute approximate surface area is 102 Å². The molecule has 84 valence electrons. The van der Waals surface area contributed by atoms with Gasteiger partial charge in [0.15, 0.2) is 5.69 Å². The molecule has 1 N–H and O–H groups in total. The number of H-pyrrole nitrogens is 1. The van der Waals surface area contributed by atoms with E-state index in [4.69, 9.17) is 0 Å². The lowest BCUT2D eigenvalue weighted by Gasteiger charge is -2.15. The van der Waals surface area contributed by atoms with Crippen LogP contribution >= 0.6 is 11.8 Å². The molecule has 4 rings (SSSR count). The van der Waals surface area contributed by atoms with Gasteiger partial charge in [-0.25, -0.2) is 0 Å². The molecule has 1 atom stereocenters. The highest BCUT2D eigenvalue weighted by Gasteiger charge is 2.46. The molecule has 0 bridgehead atoms. The smallest absolute Gasteiger partial charge is 0.280 e. The molecule has 3 heterocycles. The molecule has 17 heavy (non-hydrogen) atoms. The molecule has 0 fully saturated rings. The molecular weight excluding hydrogens is 234 g/mol. The van der Waals surface area contributed by atoms with E-state index in [2.05, 4.69) is 16.3 Å². The van der Waals surface area contributed by atoms with Crippen molar-refractivity contribution in [3.63, 3.8) is 0 Å². The van der Waals surface area contributed by atoms with Crippen molar-refractivity contribution in [1.82, 2.24) is 10.2 Å². The van der Waals surface area contributed by atoms with Crippen molar-refractivity contribution in [2.45, 2.75) is 17.2 Å². The van der Waals surface area contributed by atoms with Crippen LogP contribution in [0, 0.1) is 6.92 Å². The van der Waals surface area contributed by atoms with Crippen LogP contribution in [0.15, 0.2) is 29.2 Å². The predicted molar refractivity (Wildman–Crippen MR) is 65.2 cm³/mol. The second-order valence-electron chi connectivity index (χ2n) is 4.22. The number of nitrogens with one attached hydrogen (secondary N) is 1. The first-order valence-corrected chi connectivity index (χ1v) is 6.29. The van der Waals surface area contributed by atoms with Crippen LogP contribution in [0.3, 0.4) is 0 Å². The number of rotatable bonds is 0. The number of para-hydroxylation sites is 1. The van der Waals surface area contributed by atoms with Gasteiger partial charge in [0.1, 0.15) is 5.37 Å². The molecule has 5 heteroatoms. The zero-order valence-electron chi connectivity index (χ0n) is 9.10. The van der Waals surface area contributed by atoms with Crippen molar-refractivity contribution >= 4 is 23.4 Å². The van der Waals surface area contributed by atoms with Gasteiger partial charge in [-0.05, 0) is 19.1 Å². The van der Waals surface area contributed by atoms with Crippen LogP contribution in [0.5, 0.6) is 0 Å². The third-order valence-electron chi connectivity index (χ3n) is 3.26. The van der Waals surface area contributed by atoms with E-state index < -0.39 is 0 Å². The summed E-state index contributed by atoms with van der Waals surface area (Å²) in [5.74, 6) is 0.00630. The van der Waals surface area contributed by atoms with Gasteiger partial charge < -0.3 is 0 Å². The van der Waals surface area contributed by atoms with Crippen molar-refractivity contribution in [2.75, 3.05) is 4.90 Å². The number of hydrogen-bond donors (Lipinski definition) is 1. The number of thioether (sulfide) groups is 1. The normalized spacial score (nSPS) is 20.4. The van der Waals surface area contributed by atoms with Crippen LogP contribution in [-0.4, -0.2) is 16.1 Å². The average molecular weight is 243 g/mol. The molecule has 1 unspecified atom stereocenters. The zero-order valence-corrected chi connectivity index (χ0v) is 9.91. The molecule has 0 spiro atoms. The number of nitrogens with zero attached hydrogens (tertiary/aromatic N) is 2. The molecular formula is C12H9N3OS. The fraction of sp³-hybridized carbons (Fsp3) is 0.167. The van der Waals surface area contributed by atoms with Gasteiger partial charge in [-0.15, -0.1) is 0 Å². The molecule has 2 aromatic rings. The molecule has 1 amide bonds. The van der Waals surface area contributed by atoms with Crippen molar-refractivity contribution in [3.8, 4) is 0 Å². The minimum atomic E-state index is 0.00630. The summed E-state index contributed by atoms with van der Waals surface area (Å²) in [6, 6.07) is 8.01. The van der Waals surface area contributed by atoms with Gasteiger partial charge in [-0.3, -0.25) is 14.8 Å². The molecule has 1 aromatic carbocycles. The first-order valence-electron chi connectivity index (χ1n) is 5.41. The van der Waals surface area contributed by atoms with E-state index in [0.29, 0.717) is 5.69 Å². The Hall–Kier alpha value is -1.75. The Morgan fingerprint density at radius 3 is 3.12 bits per heavy atom. The highest BCUT2D eigenvalue weighted by Crippen LogP contribution is 2.55. The van der Waals surface area contributed by atoms with Gasteiger partial charge in [0.05, 0.1) is 5.69 Å². The van der Waals surface area contributed by atoms with Crippen molar-refractivity contribution in [2.24, 2.45) is 0 Å². The Morgan fingerprint density at radius 1 is 1.41 bits per heavy atom. The quantitative estimate of drug-likeness (QED) is 0.773. The van der Waals surface area contributed by atoms with Crippen LogP contribution in [0.25, 0.3) is 0 Å². The molecule has 0 saturated heterocycles. The third kappa shape index (κ3) is 1.000. The van der Waals surface area contributed by atoms with E-state index in [1.807, 2.05) is 30.0 Å². The maximum Gasteiger partial charge on any atom is 0.280 e. The van der Waals surface area contributed by atoms with Crippen LogP contribution in [0.2, 0.25) is 0 Å². The van der Waals surface area contributed by atoms with Crippen LogP contribution in [-0.2, 0) is 0 Å². The number of carbonyl (C=O) groups excluding carboxylic acids is 1. The van der Waals surface area contributed by atoms with E-state index in [1.54, 1.807) is 11.8 Å². The molecule has 0 radical (unpaired) electrons. The van der Waals surface area contributed by atoms with E-state index in [-0.39, 0.29) is 11.3 Å². The van der Waals surface area contributed by atoms with Crippen LogP contribution in [0.1, 0.15) is 27.1 Å². The summed E-state index contributed by atoms with van der Waals surface area (Å²) in [6.45, 7) is 1.96. The summed E-state index contributed by atoms with van der Waals surface area (Å²) in [7, 11) is 0. The lowest BCUT2D eigenvalue weighted by atomic mass is 10.2. The minimum absolute atomic E-state index is 0.00630. The molecule has 2 aliphatic heterocycles. The highest BCUT2D eigenvalue weighted by molar-refractivity contribution is 8.00. The number of amides is 1. The molecule has 0 aliphatic carbocycles. The van der Waals surface area contributed by atoms with Gasteiger partial charge in [0.25, 0.3) is 5.91 Å². The lowest BCUT2D eigenvalue weighted by Crippen LogP contribution is -2.23. The summed E-state index contributed by atoms with van der Waals surface area (Å²) in [4.78, 5) is 15.3. The molecule has 1 aromatic heterocycles. The largest absolute Gasteiger partial charge is 0.289 e. The Kier molecular flexibility index (Phi) is 1.60. The summed E-state index contributed by atoms with van der Waals surface area (Å²) in [5, 5.41) is 7.06. The second-order valence-corrected chi connectivity index (χ2v) is 5.35. The van der Waals surface area contributed by atoms with Gasteiger partial charge in [-0.1, -0.05) is 23.9 Å². The third-order valence-corrected chi connectivity index (χ3v) is 4.53. The van der Waals surface area contributed by atoms with Crippen molar-refractivity contribution in [1.29, 1.82) is 0 Å². The van der Waals surface area contributed by atoms with Gasteiger partial charge in [0, 0.05) is 16.2 Å². The summed E-state index contributed by atoms with van der Waals surface area (Å²) >= 11 is 1.72. The van der Waals surface area contributed by atoms with Crippen LogP contribution < -0.4 is 4.90 Å². The minimum Gasteiger partial charge on any atom is -0.289 e. The lowest BCUT2D eigenvalue weighted by molar-refractivity contribution is 0.0991. The highest BCUT2D eigenvalue weighted by atomic mass is 32.2. The topological polar surface area (TPSA) is 49.0 Å². The first kappa shape index (κ1) is 9.30. The summed E-state index contributed by atoms with van der Waals surface area (Å²) < 4.78 is 0. The van der Waals surface area contributed by atoms with Gasteiger partial charge >= 0.3 is 0 Å². The number of aryl methyl sites for hydroxylation is 1. The Bertz CT molecular complexity index is 649. The maximum atomic E-state index is 12.3. The standard InChI is InChI=1S/C12H9N3OS/c1-6-9-10(14-13-6)11(16)15-7-4-2-3-5-8(7)17-12(9)15/h2-5,12H,1H3,(H,13,14). The number of aromatic amines is 1. The zero-order chi connectivity index (χ0) is 11.6. The van der Waals surface area contributed by atoms with Crippen molar-refractivity contribution in [3.05, 3.63) is 41.2 Å². The number of benzene rings is 1. The van der Waals surface area contributed by atoms with E-state index in [9.17, 15) is 4.79 Å². The number of carbonyl (C=O) groups is 1. The number of hydrogen-bond acceptors (Lipinski definition) is 3. The fourth-order valence-corrected chi connectivity index (χ4v) is 3.88. The van der Waals surface area contributed by atoms with Crippen LogP contribution in [0.4, 0.5) is 5.69 Å². The van der Waals surface area contributed by atoms with E-state index >= 15 is 0 Å². The second kappa shape index (κ2) is 2.92. The molecule has 4 nitrogen and oxygen atoms in total. The Morgan fingerprint density at radius 2 is 2.24 bits per heavy atom. The van der Waals surface area contributed by atoms with E-state index in [1.165, 1.54) is 0 Å². The Balaban J connectivity index is 1.95. The van der Waals surface area contributed by atoms with Gasteiger partial charge in [-0.2, -0.15) is 5.10 Å². The SMILES string of the molecule is Cc1[nH]nc2c1C1Sc3ccccc3N1C2=O. The van der Waals surface area contributed by atoms with Gasteiger partial charge in [0.2, 0.25) is 0 Å². The number of anilines is 1.